The summed E-state index contributed by atoms with van der Waals surface area (Å²) in [6.45, 7) is 5.72. The second-order valence-corrected chi connectivity index (χ2v) is 11.7. The van der Waals surface area contributed by atoms with E-state index in [1.165, 1.54) is 40.2 Å². The third kappa shape index (κ3) is 3.31. The molecule has 0 aromatic rings. The normalized spacial score (nSPS) is 41.7. The first-order valence-corrected chi connectivity index (χ1v) is 14.0. The molecule has 4 nitrogen and oxygen atoms in total. The van der Waals surface area contributed by atoms with Crippen LogP contribution in [0.2, 0.25) is 0 Å². The molecule has 6 unspecified atom stereocenters. The van der Waals surface area contributed by atoms with E-state index in [-0.39, 0.29) is 5.41 Å². The largest absolute Gasteiger partial charge is 0.295 e. The minimum Gasteiger partial charge on any atom is -0.295 e. The van der Waals surface area contributed by atoms with E-state index < -0.39 is 0 Å². The number of hydrogen-bond donors (Lipinski definition) is 2. The van der Waals surface area contributed by atoms with Crippen LogP contribution >= 0.6 is 30.1 Å². The van der Waals surface area contributed by atoms with Gasteiger partial charge in [0.15, 0.2) is 11.0 Å². The predicted molar refractivity (Wildman–Crippen MR) is 125 cm³/mol. The van der Waals surface area contributed by atoms with Gasteiger partial charge >= 0.3 is 0 Å². The minimum atomic E-state index is 0.188. The van der Waals surface area contributed by atoms with Gasteiger partial charge in [0.05, 0.1) is 0 Å². The van der Waals surface area contributed by atoms with Crippen LogP contribution in [0.15, 0.2) is 23.8 Å². The number of allylic oxidation sites excluding steroid dienone is 4. The summed E-state index contributed by atoms with van der Waals surface area (Å²) in [5, 5.41) is 9.96. The summed E-state index contributed by atoms with van der Waals surface area (Å²) in [7, 11) is 1.38. The number of ketones is 1. The van der Waals surface area contributed by atoms with Gasteiger partial charge in [0.2, 0.25) is 0 Å². The first-order valence-electron chi connectivity index (χ1n) is 10.6. The Kier molecular flexibility index (Phi) is 5.77. The van der Waals surface area contributed by atoms with Crippen LogP contribution in [0.3, 0.4) is 0 Å². The number of amidine groups is 1. The van der Waals surface area contributed by atoms with Gasteiger partial charge in [-0.15, -0.1) is 0 Å². The average molecular weight is 513 g/mol. The van der Waals surface area contributed by atoms with Crippen LogP contribution in [0.1, 0.15) is 58.8 Å². The number of hydrazine groups is 1. The van der Waals surface area contributed by atoms with Gasteiger partial charge in [-0.2, -0.15) is 0 Å². The van der Waals surface area contributed by atoms with Gasteiger partial charge in [0, 0.05) is 34.2 Å². The van der Waals surface area contributed by atoms with Gasteiger partial charge in [-0.1, -0.05) is 26.0 Å². The van der Waals surface area contributed by atoms with Crippen LogP contribution < -0.4 is 5.84 Å². The molecule has 6 heteroatoms. The highest BCUT2D eigenvalue weighted by atomic mass is 127. The number of carbonyl (C=O) groups is 1. The van der Waals surface area contributed by atoms with Crippen LogP contribution in [0.4, 0.5) is 0 Å². The lowest BCUT2D eigenvalue weighted by Gasteiger charge is -2.56. The third-order valence-electron chi connectivity index (χ3n) is 8.76. The molecule has 4 aliphatic rings. The van der Waals surface area contributed by atoms with Crippen LogP contribution in [-0.4, -0.2) is 22.5 Å². The molecule has 0 amide bonds. The monoisotopic (exact) mass is 513 g/mol. The molecule has 4 aliphatic carbocycles. The summed E-state index contributed by atoms with van der Waals surface area (Å²) in [5.74, 6) is 9.14. The highest BCUT2D eigenvalue weighted by Gasteiger charge is 2.57. The van der Waals surface area contributed by atoms with Crippen LogP contribution in [0, 0.1) is 39.9 Å². The zero-order valence-corrected chi connectivity index (χ0v) is 19.9. The second-order valence-electron chi connectivity index (χ2n) is 9.82. The number of nitrogens with zero attached hydrogens (tertiary/aromatic N) is 1. The van der Waals surface area contributed by atoms with E-state index >= 15 is 0 Å². The Morgan fingerprint density at radius 1 is 1.32 bits per heavy atom. The van der Waals surface area contributed by atoms with E-state index in [0.29, 0.717) is 40.5 Å². The van der Waals surface area contributed by atoms with Crippen molar-refractivity contribution in [1.29, 1.82) is 5.41 Å². The Hall–Kier alpha value is -0.340. The molecular weight excluding hydrogens is 481 g/mol. The van der Waals surface area contributed by atoms with E-state index in [1.54, 1.807) is 5.01 Å². The summed E-state index contributed by atoms with van der Waals surface area (Å²) >= 11 is 2.12. The van der Waals surface area contributed by atoms with Crippen molar-refractivity contribution in [3.8, 4) is 0 Å². The number of hydrogen-bond acceptors (Lipinski definition) is 4. The fourth-order valence-corrected chi connectivity index (χ4v) is 7.96. The Morgan fingerprint density at radius 2 is 2.11 bits per heavy atom. The van der Waals surface area contributed by atoms with E-state index in [1.807, 2.05) is 6.08 Å². The van der Waals surface area contributed by atoms with Gasteiger partial charge in [0.25, 0.3) is 0 Å². The van der Waals surface area contributed by atoms with E-state index in [0.717, 1.165) is 25.3 Å². The van der Waals surface area contributed by atoms with Gasteiger partial charge < -0.3 is 0 Å². The Balaban J connectivity index is 1.52. The number of carbonyl (C=O) groups excluding carboxylic acids is 1. The van der Waals surface area contributed by atoms with Crippen LogP contribution in [0.25, 0.3) is 0 Å². The zero-order valence-electron chi connectivity index (χ0n) is 16.9. The van der Waals surface area contributed by atoms with Crippen LogP contribution in [0.5, 0.6) is 0 Å². The van der Waals surface area contributed by atoms with Crippen molar-refractivity contribution >= 4 is 41.1 Å². The van der Waals surface area contributed by atoms with Gasteiger partial charge in [0.1, 0.15) is 0 Å². The van der Waals surface area contributed by atoms with E-state index in [2.05, 4.69) is 47.2 Å². The summed E-state index contributed by atoms with van der Waals surface area (Å²) in [6.07, 6.45) is 14.7. The highest BCUT2D eigenvalue weighted by molar-refractivity contribution is 14.2. The molecule has 2 fully saturated rings. The molecule has 0 aliphatic heterocycles. The zero-order chi connectivity index (χ0) is 20.1. The first-order chi connectivity index (χ1) is 13.3. The van der Waals surface area contributed by atoms with Gasteiger partial charge in [-0.05, 0) is 93.6 Å². The number of rotatable bonds is 3. The molecule has 0 aromatic carbocycles. The maximum atomic E-state index is 12.0. The van der Waals surface area contributed by atoms with Gasteiger partial charge in [-0.3, -0.25) is 15.2 Å². The molecule has 154 valence electrons. The van der Waals surface area contributed by atoms with Crippen molar-refractivity contribution in [2.75, 3.05) is 6.54 Å². The maximum absolute atomic E-state index is 12.0. The summed E-state index contributed by atoms with van der Waals surface area (Å²) in [5.41, 5.74) is 1.86. The lowest BCUT2D eigenvalue weighted by atomic mass is 9.48. The quantitative estimate of drug-likeness (QED) is 0.172. The average Bonchev–Trinajstić information content (AvgIpc) is 3.02. The topological polar surface area (TPSA) is 70.2 Å². The Bertz CT molecular complexity index is 737. The van der Waals surface area contributed by atoms with Crippen LogP contribution in [-0.2, 0) is 4.79 Å². The lowest BCUT2D eigenvalue weighted by Crippen LogP contribution is -2.49. The number of nitrogens with two attached hydrogens (primary N) is 1. The molecule has 0 radical (unpaired) electrons. The molecule has 4 rings (SSSR count). The summed E-state index contributed by atoms with van der Waals surface area (Å²) < 4.78 is 0. The predicted octanol–water partition coefficient (Wildman–Crippen LogP) is 5.49. The van der Waals surface area contributed by atoms with E-state index in [9.17, 15) is 4.79 Å². The summed E-state index contributed by atoms with van der Waals surface area (Å²) in [6, 6.07) is 0. The minimum absolute atomic E-state index is 0.188. The van der Waals surface area contributed by atoms with Crippen molar-refractivity contribution in [2.24, 2.45) is 40.3 Å². The molecule has 6 atom stereocenters. The fraction of sp³-hybridized carbons (Fsp3) is 0.727. The molecule has 28 heavy (non-hydrogen) atoms. The first kappa shape index (κ1) is 20.9. The smallest absolute Gasteiger partial charge is 0.181 e. The molecule has 0 saturated heterocycles. The molecular formula is C22H32IN3OS. The SMILES string of the molecule is CC12CCC(=O)C=C1C=CC1C2CCC2(C)C(CCN(N)C(=N)SI)CCC12. The number of fused-ring (bicyclic) bond motifs is 5. The third-order valence-corrected chi connectivity index (χ3v) is 10.4. The standard InChI is InChI=1S/C22H32IN3OS/c1-21-11-8-19-17(5-3-15-13-16(27)7-10-22(15,19)2)18(21)6-4-14(21)9-12-26(25)20(24)28-23/h3,5,13-14,17-19,24H,4,6-12,25H2,1-2H3. The lowest BCUT2D eigenvalue weighted by molar-refractivity contribution is -0.116. The summed E-state index contributed by atoms with van der Waals surface area (Å²) in [4.78, 5) is 12.0. The Morgan fingerprint density at radius 3 is 2.86 bits per heavy atom. The van der Waals surface area contributed by atoms with Gasteiger partial charge in [-0.25, -0.2) is 5.84 Å². The van der Waals surface area contributed by atoms with Crippen molar-refractivity contribution < 1.29 is 4.79 Å². The maximum Gasteiger partial charge on any atom is 0.181 e. The second kappa shape index (κ2) is 7.73. The molecule has 3 N–H and O–H groups in total. The van der Waals surface area contributed by atoms with Crippen molar-refractivity contribution in [3.63, 3.8) is 0 Å². The Labute approximate surface area is 185 Å². The number of halogens is 1. The molecule has 0 spiro atoms. The molecule has 0 aromatic heterocycles. The fourth-order valence-electron chi connectivity index (χ4n) is 7.02. The van der Waals surface area contributed by atoms with Crippen molar-refractivity contribution in [3.05, 3.63) is 23.8 Å². The molecule has 2 saturated carbocycles. The van der Waals surface area contributed by atoms with E-state index in [4.69, 9.17) is 11.3 Å². The molecule has 0 bridgehead atoms. The molecule has 0 heterocycles. The van der Waals surface area contributed by atoms with Crippen molar-refractivity contribution in [1.82, 2.24) is 5.01 Å². The highest BCUT2D eigenvalue weighted by Crippen LogP contribution is 2.65. The number of nitrogens with one attached hydrogen (secondary N) is 1. The van der Waals surface area contributed by atoms with Crippen molar-refractivity contribution in [2.45, 2.75) is 58.8 Å².